The van der Waals surface area contributed by atoms with Gasteiger partial charge in [0.15, 0.2) is 0 Å². The molecule has 1 aliphatic carbocycles. The van der Waals surface area contributed by atoms with Crippen molar-refractivity contribution in [2.45, 2.75) is 47.5 Å². The number of hydrogen-bond donors (Lipinski definition) is 1. The van der Waals surface area contributed by atoms with Gasteiger partial charge in [0.05, 0.1) is 5.71 Å². The second kappa shape index (κ2) is 6.06. The Hall–Kier alpha value is -2.56. The third kappa shape index (κ3) is 3.31. The van der Waals surface area contributed by atoms with Crippen LogP contribution in [0.15, 0.2) is 27.8 Å². The molecule has 0 atom stereocenters. The molecular formula is C20H23NO4. The normalized spacial score (nSPS) is 17.4. The van der Waals surface area contributed by atoms with Crippen molar-refractivity contribution in [3.63, 3.8) is 0 Å². The Balaban J connectivity index is 1.96. The third-order valence-electron chi connectivity index (χ3n) is 4.51. The lowest BCUT2D eigenvalue weighted by molar-refractivity contribution is 0.0697. The molecule has 0 bridgehead atoms. The van der Waals surface area contributed by atoms with Crippen molar-refractivity contribution in [2.75, 3.05) is 0 Å². The topological polar surface area (TPSA) is 72.0 Å². The van der Waals surface area contributed by atoms with Gasteiger partial charge in [-0.05, 0) is 55.9 Å². The number of furan rings is 1. The summed E-state index contributed by atoms with van der Waals surface area (Å²) in [7, 11) is 0. The van der Waals surface area contributed by atoms with E-state index in [2.05, 4.69) is 19.0 Å². The Labute approximate surface area is 147 Å². The van der Waals surface area contributed by atoms with Crippen LogP contribution in [0.25, 0.3) is 0 Å². The number of rotatable bonds is 2. The summed E-state index contributed by atoms with van der Waals surface area (Å²) in [5, 5.41) is 12.8. The molecule has 0 unspecified atom stereocenters. The van der Waals surface area contributed by atoms with Crippen LogP contribution in [0.5, 0.6) is 5.75 Å². The van der Waals surface area contributed by atoms with E-state index in [4.69, 9.17) is 9.15 Å². The van der Waals surface area contributed by atoms with Crippen molar-refractivity contribution in [3.05, 3.63) is 52.0 Å². The van der Waals surface area contributed by atoms with E-state index in [1.807, 2.05) is 32.0 Å². The number of benzene rings is 1. The van der Waals surface area contributed by atoms with Gasteiger partial charge in [-0.1, -0.05) is 25.1 Å². The monoisotopic (exact) mass is 341 g/mol. The number of aryl methyl sites for hydroxylation is 2. The number of hydrogen-bond acceptors (Lipinski definition) is 5. The standard InChI is InChI=1S/C20H23NO4/c1-11-6-12(2)8-14(7-11)24-19(22)18-13(3)17-15(21-23)9-20(4,5)10-16(17)25-18/h6-8,23H,9-10H2,1-5H3/b21-15-. The Morgan fingerprint density at radius 3 is 2.40 bits per heavy atom. The molecule has 2 aromatic rings. The summed E-state index contributed by atoms with van der Waals surface area (Å²) >= 11 is 0. The molecule has 0 radical (unpaired) electrons. The maximum absolute atomic E-state index is 12.6. The van der Waals surface area contributed by atoms with E-state index in [9.17, 15) is 10.0 Å². The van der Waals surface area contributed by atoms with Gasteiger partial charge in [0.1, 0.15) is 11.5 Å². The van der Waals surface area contributed by atoms with Crippen LogP contribution in [0.2, 0.25) is 0 Å². The zero-order valence-electron chi connectivity index (χ0n) is 15.3. The fourth-order valence-corrected chi connectivity index (χ4v) is 3.54. The van der Waals surface area contributed by atoms with E-state index in [0.29, 0.717) is 35.6 Å². The van der Waals surface area contributed by atoms with E-state index in [1.54, 1.807) is 6.92 Å². The molecule has 0 saturated carbocycles. The maximum Gasteiger partial charge on any atom is 0.379 e. The van der Waals surface area contributed by atoms with Crippen molar-refractivity contribution in [1.82, 2.24) is 0 Å². The Morgan fingerprint density at radius 1 is 1.16 bits per heavy atom. The van der Waals surface area contributed by atoms with Gasteiger partial charge >= 0.3 is 5.97 Å². The molecular weight excluding hydrogens is 318 g/mol. The zero-order valence-corrected chi connectivity index (χ0v) is 15.3. The predicted octanol–water partition coefficient (Wildman–Crippen LogP) is 4.57. The van der Waals surface area contributed by atoms with Crippen LogP contribution >= 0.6 is 0 Å². The van der Waals surface area contributed by atoms with Gasteiger partial charge in [-0.15, -0.1) is 0 Å². The van der Waals surface area contributed by atoms with Crippen LogP contribution < -0.4 is 4.74 Å². The fraction of sp³-hybridized carbons (Fsp3) is 0.400. The molecule has 0 fully saturated rings. The largest absolute Gasteiger partial charge is 0.453 e. The molecule has 1 aromatic heterocycles. The van der Waals surface area contributed by atoms with Gasteiger partial charge in [0.2, 0.25) is 5.76 Å². The maximum atomic E-state index is 12.6. The average Bonchev–Trinajstić information content (AvgIpc) is 2.81. The van der Waals surface area contributed by atoms with Gasteiger partial charge in [-0.3, -0.25) is 0 Å². The van der Waals surface area contributed by atoms with E-state index >= 15 is 0 Å². The smallest absolute Gasteiger partial charge is 0.379 e. The number of fused-ring (bicyclic) bond motifs is 1. The van der Waals surface area contributed by atoms with Crippen LogP contribution in [-0.2, 0) is 6.42 Å². The average molecular weight is 341 g/mol. The number of carbonyl (C=O) groups is 1. The molecule has 25 heavy (non-hydrogen) atoms. The highest BCUT2D eigenvalue weighted by Crippen LogP contribution is 2.39. The van der Waals surface area contributed by atoms with Gasteiger partial charge in [-0.25, -0.2) is 4.79 Å². The van der Waals surface area contributed by atoms with Gasteiger partial charge in [0.25, 0.3) is 0 Å². The molecule has 0 amide bonds. The summed E-state index contributed by atoms with van der Waals surface area (Å²) in [4.78, 5) is 12.6. The first-order chi connectivity index (χ1) is 11.7. The quantitative estimate of drug-likeness (QED) is 0.376. The predicted molar refractivity (Wildman–Crippen MR) is 94.7 cm³/mol. The second-order valence-corrected chi connectivity index (χ2v) is 7.63. The van der Waals surface area contributed by atoms with E-state index in [-0.39, 0.29) is 11.2 Å². The summed E-state index contributed by atoms with van der Waals surface area (Å²) in [5.41, 5.74) is 3.90. The van der Waals surface area contributed by atoms with E-state index < -0.39 is 5.97 Å². The van der Waals surface area contributed by atoms with Gasteiger partial charge < -0.3 is 14.4 Å². The number of oxime groups is 1. The lowest BCUT2D eigenvalue weighted by atomic mass is 9.75. The van der Waals surface area contributed by atoms with Crippen molar-refractivity contribution >= 4 is 11.7 Å². The van der Waals surface area contributed by atoms with Crippen molar-refractivity contribution in [1.29, 1.82) is 0 Å². The van der Waals surface area contributed by atoms with Crippen LogP contribution in [0, 0.1) is 26.2 Å². The minimum Gasteiger partial charge on any atom is -0.453 e. The zero-order chi connectivity index (χ0) is 18.4. The molecule has 1 heterocycles. The Bertz CT molecular complexity index is 854. The number of nitrogens with zero attached hydrogens (tertiary/aromatic N) is 1. The summed E-state index contributed by atoms with van der Waals surface area (Å²) in [5.74, 6) is 0.802. The van der Waals surface area contributed by atoms with Crippen molar-refractivity contribution < 1.29 is 19.2 Å². The summed E-state index contributed by atoms with van der Waals surface area (Å²) in [6.07, 6.45) is 1.31. The highest BCUT2D eigenvalue weighted by molar-refractivity contribution is 6.06. The second-order valence-electron chi connectivity index (χ2n) is 7.63. The van der Waals surface area contributed by atoms with E-state index in [1.165, 1.54) is 0 Å². The highest BCUT2D eigenvalue weighted by atomic mass is 16.5. The minimum absolute atomic E-state index is 0.0896. The molecule has 3 rings (SSSR count). The summed E-state index contributed by atoms with van der Waals surface area (Å²) in [6.45, 7) is 9.85. The first kappa shape index (κ1) is 17.3. The Morgan fingerprint density at radius 2 is 1.80 bits per heavy atom. The summed E-state index contributed by atoms with van der Waals surface area (Å²) < 4.78 is 11.3. The van der Waals surface area contributed by atoms with Gasteiger partial charge in [-0.2, -0.15) is 0 Å². The van der Waals surface area contributed by atoms with Crippen LogP contribution in [0.3, 0.4) is 0 Å². The number of ether oxygens (including phenoxy) is 1. The molecule has 1 N–H and O–H groups in total. The molecule has 1 aromatic carbocycles. The molecule has 0 spiro atoms. The lowest BCUT2D eigenvalue weighted by Crippen LogP contribution is -2.27. The molecule has 1 aliphatic rings. The molecule has 132 valence electrons. The molecule has 0 aliphatic heterocycles. The molecule has 5 nitrogen and oxygen atoms in total. The Kier molecular flexibility index (Phi) is 4.19. The third-order valence-corrected chi connectivity index (χ3v) is 4.51. The number of esters is 1. The van der Waals surface area contributed by atoms with Crippen LogP contribution in [-0.4, -0.2) is 16.9 Å². The van der Waals surface area contributed by atoms with E-state index in [0.717, 1.165) is 16.7 Å². The van der Waals surface area contributed by atoms with Crippen molar-refractivity contribution in [2.24, 2.45) is 10.6 Å². The molecule has 0 saturated heterocycles. The minimum atomic E-state index is -0.535. The van der Waals surface area contributed by atoms with Crippen LogP contribution in [0.4, 0.5) is 0 Å². The van der Waals surface area contributed by atoms with Crippen molar-refractivity contribution in [3.8, 4) is 5.75 Å². The number of carbonyl (C=O) groups excluding carboxylic acids is 1. The first-order valence-corrected chi connectivity index (χ1v) is 8.34. The summed E-state index contributed by atoms with van der Waals surface area (Å²) in [6, 6.07) is 5.64. The van der Waals surface area contributed by atoms with Gasteiger partial charge in [0, 0.05) is 17.5 Å². The first-order valence-electron chi connectivity index (χ1n) is 8.34. The fourth-order valence-electron chi connectivity index (χ4n) is 3.54. The molecule has 5 heteroatoms. The van der Waals surface area contributed by atoms with Crippen LogP contribution in [0.1, 0.15) is 58.8 Å². The lowest BCUT2D eigenvalue weighted by Gasteiger charge is -2.28. The SMILES string of the molecule is Cc1cc(C)cc(OC(=O)c2oc3c(c2C)/C(=N\O)CC(C)(C)C3)c1. The highest BCUT2D eigenvalue weighted by Gasteiger charge is 2.36.